The predicted molar refractivity (Wildman–Crippen MR) is 81.9 cm³/mol. The van der Waals surface area contributed by atoms with Crippen LogP contribution in [-0.2, 0) is 17.9 Å². The molecule has 0 aliphatic carbocycles. The number of pyridine rings is 1. The maximum Gasteiger partial charge on any atom is 0.321 e. The number of benzene rings is 1. The molecule has 0 saturated carbocycles. The van der Waals surface area contributed by atoms with E-state index in [1.807, 2.05) is 42.5 Å². The number of aromatic nitrogens is 1. The van der Waals surface area contributed by atoms with Crippen LogP contribution in [0.4, 0.5) is 10.5 Å². The molecule has 0 radical (unpaired) electrons. The van der Waals surface area contributed by atoms with Crippen LogP contribution in [0.25, 0.3) is 0 Å². The summed E-state index contributed by atoms with van der Waals surface area (Å²) in [5.41, 5.74) is 2.62. The summed E-state index contributed by atoms with van der Waals surface area (Å²) in [4.78, 5) is 17.9. The van der Waals surface area contributed by atoms with Crippen LogP contribution in [0, 0.1) is 0 Å². The lowest BCUT2D eigenvalue weighted by molar-refractivity contribution is 0.185. The summed E-state index contributed by atoms with van der Waals surface area (Å²) in [6.07, 6.45) is 1.72. The molecule has 1 aromatic carbocycles. The largest absolute Gasteiger partial charge is 0.380 e. The molecule has 0 bridgehead atoms. The fourth-order valence-corrected chi connectivity index (χ4v) is 1.93. The Morgan fingerprint density at radius 3 is 2.86 bits per heavy atom. The van der Waals surface area contributed by atoms with Crippen LogP contribution in [0.1, 0.15) is 11.3 Å². The number of methoxy groups -OCH3 is 1. The van der Waals surface area contributed by atoms with Crippen molar-refractivity contribution in [3.63, 3.8) is 0 Å². The van der Waals surface area contributed by atoms with Gasteiger partial charge >= 0.3 is 6.03 Å². The summed E-state index contributed by atoms with van der Waals surface area (Å²) in [5.74, 6) is 0. The fourth-order valence-electron chi connectivity index (χ4n) is 1.93. The van der Waals surface area contributed by atoms with E-state index >= 15 is 0 Å². The Morgan fingerprint density at radius 1 is 1.29 bits per heavy atom. The van der Waals surface area contributed by atoms with Crippen LogP contribution in [0.5, 0.6) is 0 Å². The first-order valence-electron chi connectivity index (χ1n) is 6.69. The van der Waals surface area contributed by atoms with Crippen molar-refractivity contribution in [3.8, 4) is 0 Å². The van der Waals surface area contributed by atoms with Gasteiger partial charge < -0.3 is 15.0 Å². The zero-order chi connectivity index (χ0) is 15.1. The number of amides is 2. The molecule has 1 aromatic heterocycles. The third-order valence-electron chi connectivity index (χ3n) is 2.96. The van der Waals surface area contributed by atoms with Crippen LogP contribution in [-0.4, -0.2) is 30.1 Å². The van der Waals surface area contributed by atoms with Crippen molar-refractivity contribution in [2.75, 3.05) is 19.5 Å². The molecular weight excluding hydrogens is 266 g/mol. The average molecular weight is 285 g/mol. The normalized spacial score (nSPS) is 10.2. The SMILES string of the molecule is COCc1cccc(NC(=O)N(C)Cc2ccccn2)c1. The molecule has 0 spiro atoms. The third-order valence-corrected chi connectivity index (χ3v) is 2.96. The van der Waals surface area contributed by atoms with Gasteiger partial charge in [-0.05, 0) is 29.8 Å². The zero-order valence-corrected chi connectivity index (χ0v) is 12.2. The second-order valence-corrected chi connectivity index (χ2v) is 4.74. The Labute approximate surface area is 124 Å². The van der Waals surface area contributed by atoms with E-state index in [9.17, 15) is 4.79 Å². The van der Waals surface area contributed by atoms with Gasteiger partial charge in [-0.1, -0.05) is 18.2 Å². The Bertz CT molecular complexity index is 587. The molecule has 2 amide bonds. The molecule has 0 fully saturated rings. The number of carbonyl (C=O) groups is 1. The number of nitrogens with zero attached hydrogens (tertiary/aromatic N) is 2. The molecular formula is C16H19N3O2. The van der Waals surface area contributed by atoms with E-state index in [-0.39, 0.29) is 6.03 Å². The Hall–Kier alpha value is -2.40. The van der Waals surface area contributed by atoms with E-state index in [0.29, 0.717) is 13.2 Å². The van der Waals surface area contributed by atoms with Crippen LogP contribution in [0.3, 0.4) is 0 Å². The highest BCUT2D eigenvalue weighted by Gasteiger charge is 2.10. The molecule has 0 aliphatic heterocycles. The fraction of sp³-hybridized carbons (Fsp3) is 0.250. The van der Waals surface area contributed by atoms with Gasteiger partial charge in [-0.3, -0.25) is 4.98 Å². The number of hydrogen-bond acceptors (Lipinski definition) is 3. The molecule has 110 valence electrons. The van der Waals surface area contributed by atoms with Gasteiger partial charge in [0.15, 0.2) is 0 Å². The van der Waals surface area contributed by atoms with Gasteiger partial charge in [0, 0.05) is 26.0 Å². The summed E-state index contributed by atoms with van der Waals surface area (Å²) in [5, 5.41) is 2.86. The quantitative estimate of drug-likeness (QED) is 0.919. The van der Waals surface area contributed by atoms with E-state index < -0.39 is 0 Å². The van der Waals surface area contributed by atoms with Gasteiger partial charge in [0.2, 0.25) is 0 Å². The van der Waals surface area contributed by atoms with Gasteiger partial charge in [-0.15, -0.1) is 0 Å². The highest BCUT2D eigenvalue weighted by Crippen LogP contribution is 2.12. The number of urea groups is 1. The van der Waals surface area contributed by atoms with Crippen molar-refractivity contribution in [2.24, 2.45) is 0 Å². The van der Waals surface area contributed by atoms with Crippen LogP contribution in [0.15, 0.2) is 48.7 Å². The van der Waals surface area contributed by atoms with Gasteiger partial charge in [-0.2, -0.15) is 0 Å². The standard InChI is InChI=1S/C16H19N3O2/c1-19(11-15-7-3-4-9-17-15)16(20)18-14-8-5-6-13(10-14)12-21-2/h3-10H,11-12H2,1-2H3,(H,18,20). The molecule has 0 aliphatic rings. The molecule has 1 N–H and O–H groups in total. The number of anilines is 1. The van der Waals surface area contributed by atoms with Crippen LogP contribution < -0.4 is 5.32 Å². The minimum Gasteiger partial charge on any atom is -0.380 e. The lowest BCUT2D eigenvalue weighted by atomic mass is 10.2. The maximum atomic E-state index is 12.1. The molecule has 5 nitrogen and oxygen atoms in total. The number of rotatable bonds is 5. The lowest BCUT2D eigenvalue weighted by Gasteiger charge is -2.17. The van der Waals surface area contributed by atoms with E-state index in [1.54, 1.807) is 25.3 Å². The summed E-state index contributed by atoms with van der Waals surface area (Å²) in [7, 11) is 3.38. The molecule has 2 rings (SSSR count). The molecule has 0 unspecified atom stereocenters. The summed E-state index contributed by atoms with van der Waals surface area (Å²) >= 11 is 0. The van der Waals surface area contributed by atoms with E-state index in [4.69, 9.17) is 4.74 Å². The monoisotopic (exact) mass is 285 g/mol. The van der Waals surface area contributed by atoms with Crippen LogP contribution >= 0.6 is 0 Å². The molecule has 2 aromatic rings. The first kappa shape index (κ1) is 15.0. The summed E-state index contributed by atoms with van der Waals surface area (Å²) < 4.78 is 5.08. The number of nitrogens with one attached hydrogen (secondary N) is 1. The van der Waals surface area contributed by atoms with Gasteiger partial charge in [0.1, 0.15) is 0 Å². The minimum absolute atomic E-state index is 0.171. The van der Waals surface area contributed by atoms with E-state index in [1.165, 1.54) is 0 Å². The first-order chi connectivity index (χ1) is 10.2. The Kier molecular flexibility index (Phi) is 5.29. The zero-order valence-electron chi connectivity index (χ0n) is 12.2. The minimum atomic E-state index is -0.171. The molecule has 5 heteroatoms. The second-order valence-electron chi connectivity index (χ2n) is 4.74. The van der Waals surface area contributed by atoms with Gasteiger partial charge in [-0.25, -0.2) is 4.79 Å². The Morgan fingerprint density at radius 2 is 2.14 bits per heavy atom. The predicted octanol–water partition coefficient (Wildman–Crippen LogP) is 2.89. The molecule has 0 saturated heterocycles. The second kappa shape index (κ2) is 7.40. The van der Waals surface area contributed by atoms with Crippen molar-refractivity contribution in [2.45, 2.75) is 13.2 Å². The van der Waals surface area contributed by atoms with Crippen molar-refractivity contribution in [3.05, 3.63) is 59.9 Å². The highest BCUT2D eigenvalue weighted by molar-refractivity contribution is 5.89. The topological polar surface area (TPSA) is 54.5 Å². The van der Waals surface area contributed by atoms with Crippen molar-refractivity contribution in [1.29, 1.82) is 0 Å². The molecule has 21 heavy (non-hydrogen) atoms. The number of hydrogen-bond donors (Lipinski definition) is 1. The number of carbonyl (C=O) groups excluding carboxylic acids is 1. The lowest BCUT2D eigenvalue weighted by Crippen LogP contribution is -2.31. The third kappa shape index (κ3) is 4.57. The first-order valence-corrected chi connectivity index (χ1v) is 6.69. The highest BCUT2D eigenvalue weighted by atomic mass is 16.5. The summed E-state index contributed by atoms with van der Waals surface area (Å²) in [6.45, 7) is 0.984. The van der Waals surface area contributed by atoms with Crippen molar-refractivity contribution in [1.82, 2.24) is 9.88 Å². The van der Waals surface area contributed by atoms with Crippen LogP contribution in [0.2, 0.25) is 0 Å². The number of ether oxygens (including phenoxy) is 1. The van der Waals surface area contributed by atoms with Gasteiger partial charge in [0.05, 0.1) is 18.8 Å². The molecule has 0 atom stereocenters. The van der Waals surface area contributed by atoms with Crippen molar-refractivity contribution >= 4 is 11.7 Å². The smallest absolute Gasteiger partial charge is 0.321 e. The Balaban J connectivity index is 1.95. The van der Waals surface area contributed by atoms with E-state index in [2.05, 4.69) is 10.3 Å². The molecule has 1 heterocycles. The maximum absolute atomic E-state index is 12.1. The van der Waals surface area contributed by atoms with E-state index in [0.717, 1.165) is 16.9 Å². The van der Waals surface area contributed by atoms with Crippen molar-refractivity contribution < 1.29 is 9.53 Å². The summed E-state index contributed by atoms with van der Waals surface area (Å²) in [6, 6.07) is 13.1. The van der Waals surface area contributed by atoms with Gasteiger partial charge in [0.25, 0.3) is 0 Å². The average Bonchev–Trinajstić information content (AvgIpc) is 2.49.